The van der Waals surface area contributed by atoms with Crippen molar-refractivity contribution in [3.63, 3.8) is 0 Å². The van der Waals surface area contributed by atoms with Crippen molar-refractivity contribution in [1.82, 2.24) is 15.0 Å². The number of benzene rings is 2. The average molecular weight is 433 g/mol. The number of nitrogens with one attached hydrogen (secondary N) is 1. The van der Waals surface area contributed by atoms with E-state index in [-0.39, 0.29) is 29.7 Å². The van der Waals surface area contributed by atoms with E-state index in [1.54, 1.807) is 56.6 Å². The van der Waals surface area contributed by atoms with Gasteiger partial charge in [-0.25, -0.2) is 0 Å². The summed E-state index contributed by atoms with van der Waals surface area (Å²) in [5, 5.41) is 7.54. The van der Waals surface area contributed by atoms with Gasteiger partial charge in [0.1, 0.15) is 0 Å². The van der Waals surface area contributed by atoms with E-state index in [1.165, 1.54) is 4.90 Å². The highest BCUT2D eigenvalue weighted by molar-refractivity contribution is 6.34. The summed E-state index contributed by atoms with van der Waals surface area (Å²) in [7, 11) is 3.29. The number of aryl methyl sites for hydroxylation is 1. The summed E-state index contributed by atoms with van der Waals surface area (Å²) >= 11 is 12.0. The summed E-state index contributed by atoms with van der Waals surface area (Å²) in [4.78, 5) is 29.9. The fourth-order valence-corrected chi connectivity index (χ4v) is 2.91. The third-order valence-electron chi connectivity index (χ3n) is 4.03. The first kappa shape index (κ1) is 20.8. The summed E-state index contributed by atoms with van der Waals surface area (Å²) in [5.74, 6) is 0.347. The van der Waals surface area contributed by atoms with Crippen LogP contribution in [0.25, 0.3) is 11.4 Å². The molecule has 29 heavy (non-hydrogen) atoms. The molecule has 2 aromatic carbocycles. The van der Waals surface area contributed by atoms with Crippen LogP contribution in [0, 0.1) is 0 Å². The molecule has 3 rings (SSSR count). The smallest absolute Gasteiger partial charge is 0.254 e. The van der Waals surface area contributed by atoms with E-state index in [1.807, 2.05) is 0 Å². The van der Waals surface area contributed by atoms with E-state index in [0.29, 0.717) is 28.0 Å². The normalized spacial score (nSPS) is 10.6. The molecule has 7 nitrogen and oxygen atoms in total. The average Bonchev–Trinajstić information content (AvgIpc) is 3.15. The largest absolute Gasteiger partial charge is 0.345 e. The van der Waals surface area contributed by atoms with Gasteiger partial charge in [-0.15, -0.1) is 0 Å². The Hall–Kier alpha value is -2.90. The Morgan fingerprint density at radius 1 is 1.10 bits per heavy atom. The Labute approximate surface area is 177 Å². The molecule has 150 valence electrons. The summed E-state index contributed by atoms with van der Waals surface area (Å²) in [6.07, 6.45) is 0.440. The van der Waals surface area contributed by atoms with Gasteiger partial charge >= 0.3 is 0 Å². The lowest BCUT2D eigenvalue weighted by Gasteiger charge is -2.12. The molecule has 0 aliphatic heterocycles. The van der Waals surface area contributed by atoms with Crippen molar-refractivity contribution in [2.24, 2.45) is 0 Å². The Bertz CT molecular complexity index is 1030. The minimum Gasteiger partial charge on any atom is -0.345 e. The second-order valence-electron chi connectivity index (χ2n) is 6.46. The van der Waals surface area contributed by atoms with E-state index >= 15 is 0 Å². The molecule has 0 saturated heterocycles. The van der Waals surface area contributed by atoms with E-state index < -0.39 is 0 Å². The number of anilines is 1. The molecule has 0 atom stereocenters. The van der Waals surface area contributed by atoms with Gasteiger partial charge in [-0.05, 0) is 42.5 Å². The van der Waals surface area contributed by atoms with Crippen molar-refractivity contribution in [1.29, 1.82) is 0 Å². The molecular formula is C20H18Cl2N4O3. The van der Waals surface area contributed by atoms with Gasteiger partial charge in [0.05, 0.1) is 10.6 Å². The van der Waals surface area contributed by atoms with Crippen molar-refractivity contribution in [2.45, 2.75) is 12.8 Å². The van der Waals surface area contributed by atoms with Crippen LogP contribution in [0.2, 0.25) is 10.0 Å². The number of nitrogens with zero attached hydrogens (tertiary/aromatic N) is 3. The zero-order valence-electron chi connectivity index (χ0n) is 15.8. The molecule has 1 aromatic heterocycles. The highest BCUT2D eigenvalue weighted by Gasteiger charge is 2.14. The Balaban J connectivity index is 1.57. The Morgan fingerprint density at radius 3 is 2.48 bits per heavy atom. The van der Waals surface area contributed by atoms with Gasteiger partial charge in [-0.1, -0.05) is 28.4 Å². The molecule has 0 aliphatic carbocycles. The maximum absolute atomic E-state index is 12.2. The molecule has 0 aliphatic rings. The molecule has 1 heterocycles. The van der Waals surface area contributed by atoms with E-state index in [4.69, 9.17) is 27.7 Å². The molecule has 0 spiro atoms. The lowest BCUT2D eigenvalue weighted by molar-refractivity contribution is -0.116. The number of rotatable bonds is 6. The van der Waals surface area contributed by atoms with Crippen LogP contribution in [0.4, 0.5) is 5.69 Å². The van der Waals surface area contributed by atoms with Crippen molar-refractivity contribution < 1.29 is 14.1 Å². The minimum absolute atomic E-state index is 0.151. The van der Waals surface area contributed by atoms with Crippen LogP contribution in [0.3, 0.4) is 0 Å². The third-order valence-corrected chi connectivity index (χ3v) is 4.59. The molecule has 0 bridgehead atoms. The van der Waals surface area contributed by atoms with Crippen LogP contribution in [-0.2, 0) is 11.2 Å². The van der Waals surface area contributed by atoms with E-state index in [9.17, 15) is 9.59 Å². The zero-order valence-corrected chi connectivity index (χ0v) is 17.3. The maximum Gasteiger partial charge on any atom is 0.254 e. The van der Waals surface area contributed by atoms with Gasteiger partial charge in [-0.2, -0.15) is 4.98 Å². The number of carbonyl (C=O) groups excluding carboxylic acids is 2. The topological polar surface area (TPSA) is 88.3 Å². The van der Waals surface area contributed by atoms with Crippen LogP contribution in [0.15, 0.2) is 47.0 Å². The molecule has 0 fully saturated rings. The van der Waals surface area contributed by atoms with Crippen LogP contribution in [0.1, 0.15) is 22.7 Å². The van der Waals surface area contributed by atoms with Crippen molar-refractivity contribution >= 4 is 40.7 Å². The third kappa shape index (κ3) is 5.34. The highest BCUT2D eigenvalue weighted by atomic mass is 35.5. The van der Waals surface area contributed by atoms with E-state index in [2.05, 4.69) is 15.5 Å². The summed E-state index contributed by atoms with van der Waals surface area (Å²) < 4.78 is 5.20. The number of halogens is 2. The summed E-state index contributed by atoms with van der Waals surface area (Å²) in [5.41, 5.74) is 1.65. The fraction of sp³-hybridized carbons (Fsp3) is 0.200. The Kier molecular flexibility index (Phi) is 6.51. The fourth-order valence-electron chi connectivity index (χ4n) is 2.52. The van der Waals surface area contributed by atoms with Crippen molar-refractivity contribution in [3.8, 4) is 11.4 Å². The Morgan fingerprint density at radius 2 is 1.83 bits per heavy atom. The molecule has 1 N–H and O–H groups in total. The quantitative estimate of drug-likeness (QED) is 0.626. The molecule has 0 unspecified atom stereocenters. The van der Waals surface area contributed by atoms with Gasteiger partial charge in [-0.3, -0.25) is 9.59 Å². The molecule has 0 saturated carbocycles. The number of amides is 2. The molecule has 0 radical (unpaired) electrons. The first-order valence-corrected chi connectivity index (χ1v) is 9.48. The second kappa shape index (κ2) is 9.07. The molecule has 2 amide bonds. The van der Waals surface area contributed by atoms with Crippen molar-refractivity contribution in [2.75, 3.05) is 19.4 Å². The highest BCUT2D eigenvalue weighted by Crippen LogP contribution is 2.22. The predicted octanol–water partition coefficient (Wildman–Crippen LogP) is 4.32. The molecular weight excluding hydrogens is 415 g/mol. The standard InChI is InChI=1S/C20H18Cl2N4O3/c1-26(2)20(28)15-8-7-14(11-16(15)22)23-17(27)9-10-18-24-19(25-29-18)12-3-5-13(21)6-4-12/h3-8,11H,9-10H2,1-2H3,(H,23,27). The van der Waals surface area contributed by atoms with E-state index in [0.717, 1.165) is 5.56 Å². The summed E-state index contributed by atoms with van der Waals surface area (Å²) in [6.45, 7) is 0. The van der Waals surface area contributed by atoms with Crippen LogP contribution in [0.5, 0.6) is 0 Å². The van der Waals surface area contributed by atoms with Crippen molar-refractivity contribution in [3.05, 3.63) is 64.0 Å². The lowest BCUT2D eigenvalue weighted by atomic mass is 10.1. The van der Waals surface area contributed by atoms with Crippen LogP contribution >= 0.6 is 23.2 Å². The number of aromatic nitrogens is 2. The lowest BCUT2D eigenvalue weighted by Crippen LogP contribution is -2.22. The van der Waals surface area contributed by atoms with Gasteiger partial charge < -0.3 is 14.7 Å². The van der Waals surface area contributed by atoms with Crippen LogP contribution < -0.4 is 5.32 Å². The number of hydrogen-bond acceptors (Lipinski definition) is 5. The second-order valence-corrected chi connectivity index (χ2v) is 7.30. The number of hydrogen-bond donors (Lipinski definition) is 1. The summed E-state index contributed by atoms with van der Waals surface area (Å²) in [6, 6.07) is 11.8. The monoisotopic (exact) mass is 432 g/mol. The first-order valence-electron chi connectivity index (χ1n) is 8.73. The van der Waals surface area contributed by atoms with Gasteiger partial charge in [0, 0.05) is 43.2 Å². The number of carbonyl (C=O) groups is 2. The predicted molar refractivity (Wildman–Crippen MR) is 111 cm³/mol. The van der Waals surface area contributed by atoms with Gasteiger partial charge in [0.25, 0.3) is 5.91 Å². The SMILES string of the molecule is CN(C)C(=O)c1ccc(NC(=O)CCc2nc(-c3ccc(Cl)cc3)no2)cc1Cl. The minimum atomic E-state index is -0.237. The van der Waals surface area contributed by atoms with Gasteiger partial charge in [0.2, 0.25) is 17.6 Å². The molecule has 3 aromatic rings. The van der Waals surface area contributed by atoms with Gasteiger partial charge in [0.15, 0.2) is 0 Å². The maximum atomic E-state index is 12.2. The zero-order chi connectivity index (χ0) is 21.0. The molecule has 9 heteroatoms. The van der Waals surface area contributed by atoms with Crippen LogP contribution in [-0.4, -0.2) is 41.0 Å². The first-order chi connectivity index (χ1) is 13.8.